The van der Waals surface area contributed by atoms with E-state index in [1.54, 1.807) is 6.07 Å². The van der Waals surface area contributed by atoms with Crippen LogP contribution in [0.15, 0.2) is 30.5 Å². The number of benzene rings is 1. The Balaban J connectivity index is 1.84. The molecule has 1 saturated heterocycles. The second-order valence-electron chi connectivity index (χ2n) is 5.79. The summed E-state index contributed by atoms with van der Waals surface area (Å²) in [7, 11) is 0. The van der Waals surface area contributed by atoms with Gasteiger partial charge < -0.3 is 15.0 Å². The van der Waals surface area contributed by atoms with Crippen molar-refractivity contribution in [2.75, 3.05) is 36.5 Å². The van der Waals surface area contributed by atoms with E-state index in [1.165, 1.54) is 6.20 Å². The van der Waals surface area contributed by atoms with Gasteiger partial charge >= 0.3 is 5.69 Å². The zero-order valence-corrected chi connectivity index (χ0v) is 14.6. The Bertz CT molecular complexity index is 778. The molecule has 0 radical (unpaired) electrons. The Morgan fingerprint density at radius 2 is 2.16 bits per heavy atom. The van der Waals surface area contributed by atoms with Gasteiger partial charge in [-0.1, -0.05) is 23.7 Å². The largest absolute Gasteiger partial charge is 0.378 e. The van der Waals surface area contributed by atoms with Crippen LogP contribution < -0.4 is 10.2 Å². The fourth-order valence-electron chi connectivity index (χ4n) is 2.72. The third kappa shape index (κ3) is 4.00. The molecular weight excluding hydrogens is 344 g/mol. The maximum Gasteiger partial charge on any atom is 0.310 e. The van der Waals surface area contributed by atoms with Crippen molar-refractivity contribution in [3.05, 3.63) is 56.7 Å². The van der Waals surface area contributed by atoms with Crippen molar-refractivity contribution in [1.82, 2.24) is 4.98 Å². The van der Waals surface area contributed by atoms with E-state index >= 15 is 0 Å². The monoisotopic (exact) mass is 362 g/mol. The van der Waals surface area contributed by atoms with Crippen LogP contribution in [0.25, 0.3) is 0 Å². The summed E-state index contributed by atoms with van der Waals surface area (Å²) in [5.74, 6) is 0.708. The molecule has 0 unspecified atom stereocenters. The van der Waals surface area contributed by atoms with Gasteiger partial charge in [0.2, 0.25) is 0 Å². The third-order valence-corrected chi connectivity index (χ3v) is 4.66. The first kappa shape index (κ1) is 17.4. The molecule has 3 rings (SSSR count). The highest BCUT2D eigenvalue weighted by Gasteiger charge is 2.19. The SMILES string of the molecule is Cc1c(Cl)cccc1CNc1cc(N2CCOCC2)ncc1[N+](=O)[O-]. The third-order valence-electron chi connectivity index (χ3n) is 4.25. The molecule has 0 aliphatic carbocycles. The van der Waals surface area contributed by atoms with Gasteiger partial charge in [-0.3, -0.25) is 10.1 Å². The first-order chi connectivity index (χ1) is 12.1. The summed E-state index contributed by atoms with van der Waals surface area (Å²) in [6.45, 7) is 5.07. The van der Waals surface area contributed by atoms with E-state index in [-0.39, 0.29) is 5.69 Å². The summed E-state index contributed by atoms with van der Waals surface area (Å²) >= 11 is 6.14. The minimum atomic E-state index is -0.427. The zero-order valence-electron chi connectivity index (χ0n) is 13.9. The predicted molar refractivity (Wildman–Crippen MR) is 97.4 cm³/mol. The highest BCUT2D eigenvalue weighted by molar-refractivity contribution is 6.31. The lowest BCUT2D eigenvalue weighted by Gasteiger charge is -2.28. The number of aromatic nitrogens is 1. The molecule has 25 heavy (non-hydrogen) atoms. The number of pyridine rings is 1. The molecule has 132 valence electrons. The first-order valence-corrected chi connectivity index (χ1v) is 8.39. The summed E-state index contributed by atoms with van der Waals surface area (Å²) < 4.78 is 5.34. The molecule has 2 aromatic rings. The maximum absolute atomic E-state index is 11.3. The molecule has 0 atom stereocenters. The van der Waals surface area contributed by atoms with E-state index in [0.29, 0.717) is 36.3 Å². The molecule has 1 fully saturated rings. The van der Waals surface area contributed by atoms with Gasteiger partial charge in [-0.05, 0) is 24.1 Å². The molecule has 0 amide bonds. The standard InChI is InChI=1S/C17H19ClN4O3/c1-12-13(3-2-4-14(12)18)10-19-15-9-17(20-11-16(15)22(23)24)21-5-7-25-8-6-21/h2-4,9,11H,5-8,10H2,1H3,(H,19,20). The number of hydrogen-bond acceptors (Lipinski definition) is 6. The average molecular weight is 363 g/mol. The summed E-state index contributed by atoms with van der Waals surface area (Å²) in [5.41, 5.74) is 2.35. The van der Waals surface area contributed by atoms with Gasteiger partial charge in [-0.25, -0.2) is 4.98 Å². The van der Waals surface area contributed by atoms with Crippen molar-refractivity contribution in [3.8, 4) is 0 Å². The van der Waals surface area contributed by atoms with E-state index in [4.69, 9.17) is 16.3 Å². The van der Waals surface area contributed by atoms with Crippen molar-refractivity contribution in [2.24, 2.45) is 0 Å². The lowest BCUT2D eigenvalue weighted by atomic mass is 10.1. The van der Waals surface area contributed by atoms with Crippen LogP contribution in [0.1, 0.15) is 11.1 Å². The van der Waals surface area contributed by atoms with E-state index in [9.17, 15) is 10.1 Å². The van der Waals surface area contributed by atoms with Crippen molar-refractivity contribution < 1.29 is 9.66 Å². The fourth-order valence-corrected chi connectivity index (χ4v) is 2.92. The van der Waals surface area contributed by atoms with Crippen molar-refractivity contribution in [1.29, 1.82) is 0 Å². The molecule has 0 saturated carbocycles. The number of nitrogens with one attached hydrogen (secondary N) is 1. The number of anilines is 2. The minimum absolute atomic E-state index is 0.0447. The van der Waals surface area contributed by atoms with Gasteiger partial charge in [0.25, 0.3) is 0 Å². The summed E-state index contributed by atoms with van der Waals surface area (Å²) in [5, 5.41) is 15.2. The van der Waals surface area contributed by atoms with E-state index < -0.39 is 4.92 Å². The number of morpholine rings is 1. The highest BCUT2D eigenvalue weighted by atomic mass is 35.5. The van der Waals surface area contributed by atoms with Gasteiger partial charge in [-0.2, -0.15) is 0 Å². The van der Waals surface area contributed by atoms with Crippen LogP contribution in [0, 0.1) is 17.0 Å². The Labute approximate surface area is 150 Å². The van der Waals surface area contributed by atoms with Crippen LogP contribution in [-0.4, -0.2) is 36.2 Å². The Morgan fingerprint density at radius 1 is 1.40 bits per heavy atom. The molecular formula is C17H19ClN4O3. The van der Waals surface area contributed by atoms with Gasteiger partial charge in [0.05, 0.1) is 18.1 Å². The molecule has 2 heterocycles. The van der Waals surface area contributed by atoms with Crippen molar-refractivity contribution in [3.63, 3.8) is 0 Å². The number of nitro groups is 1. The minimum Gasteiger partial charge on any atom is -0.378 e. The van der Waals surface area contributed by atoms with E-state index in [0.717, 1.165) is 24.2 Å². The zero-order chi connectivity index (χ0) is 17.8. The lowest BCUT2D eigenvalue weighted by Crippen LogP contribution is -2.36. The Morgan fingerprint density at radius 3 is 2.88 bits per heavy atom. The van der Waals surface area contributed by atoms with Crippen LogP contribution in [0.3, 0.4) is 0 Å². The molecule has 0 bridgehead atoms. The van der Waals surface area contributed by atoms with Crippen molar-refractivity contribution in [2.45, 2.75) is 13.5 Å². The molecule has 7 nitrogen and oxygen atoms in total. The van der Waals surface area contributed by atoms with Gasteiger partial charge in [-0.15, -0.1) is 0 Å². The molecule has 1 aliphatic rings. The first-order valence-electron chi connectivity index (χ1n) is 8.01. The molecule has 0 spiro atoms. The van der Waals surface area contributed by atoms with E-state index in [1.807, 2.05) is 25.1 Å². The molecule has 1 aromatic carbocycles. The van der Waals surface area contributed by atoms with E-state index in [2.05, 4.69) is 15.2 Å². The maximum atomic E-state index is 11.3. The highest BCUT2D eigenvalue weighted by Crippen LogP contribution is 2.29. The smallest absolute Gasteiger partial charge is 0.310 e. The van der Waals surface area contributed by atoms with Crippen LogP contribution in [0.4, 0.5) is 17.2 Å². The number of hydrogen-bond donors (Lipinski definition) is 1. The second kappa shape index (κ2) is 7.67. The number of ether oxygens (including phenoxy) is 1. The molecule has 1 N–H and O–H groups in total. The average Bonchev–Trinajstić information content (AvgIpc) is 2.63. The summed E-state index contributed by atoms with van der Waals surface area (Å²) in [6.07, 6.45) is 1.30. The second-order valence-corrected chi connectivity index (χ2v) is 6.20. The predicted octanol–water partition coefficient (Wildman–Crippen LogP) is 3.40. The fraction of sp³-hybridized carbons (Fsp3) is 0.353. The number of halogens is 1. The van der Waals surface area contributed by atoms with Gasteiger partial charge in [0, 0.05) is 30.7 Å². The summed E-state index contributed by atoms with van der Waals surface area (Å²) in [6, 6.07) is 7.37. The molecule has 8 heteroatoms. The number of rotatable bonds is 5. The van der Waals surface area contributed by atoms with Crippen LogP contribution in [0.2, 0.25) is 5.02 Å². The Hall–Kier alpha value is -2.38. The topological polar surface area (TPSA) is 80.5 Å². The van der Waals surface area contributed by atoms with Crippen LogP contribution >= 0.6 is 11.6 Å². The quantitative estimate of drug-likeness (QED) is 0.648. The van der Waals surface area contributed by atoms with Gasteiger partial charge in [0.1, 0.15) is 17.7 Å². The normalized spacial score (nSPS) is 14.4. The molecule has 1 aromatic heterocycles. The van der Waals surface area contributed by atoms with Crippen LogP contribution in [0.5, 0.6) is 0 Å². The molecule has 1 aliphatic heterocycles. The Kier molecular flexibility index (Phi) is 5.35. The van der Waals surface area contributed by atoms with Crippen molar-refractivity contribution >= 4 is 28.8 Å². The number of nitrogens with zero attached hydrogens (tertiary/aromatic N) is 3. The van der Waals surface area contributed by atoms with Gasteiger partial charge in [0.15, 0.2) is 0 Å². The lowest BCUT2D eigenvalue weighted by molar-refractivity contribution is -0.384. The van der Waals surface area contributed by atoms with Crippen LogP contribution in [-0.2, 0) is 11.3 Å². The summed E-state index contributed by atoms with van der Waals surface area (Å²) in [4.78, 5) is 17.2.